The van der Waals surface area contributed by atoms with Gasteiger partial charge in [0, 0.05) is 19.1 Å². The summed E-state index contributed by atoms with van der Waals surface area (Å²) in [5.41, 5.74) is 0.613. The van der Waals surface area contributed by atoms with E-state index in [0.29, 0.717) is 17.9 Å². The Bertz CT molecular complexity index is 466. The fourth-order valence-electron chi connectivity index (χ4n) is 2.36. The predicted molar refractivity (Wildman–Crippen MR) is 98.3 cm³/mol. The van der Waals surface area contributed by atoms with Crippen molar-refractivity contribution < 1.29 is 9.53 Å². The lowest BCUT2D eigenvalue weighted by Crippen LogP contribution is -2.45. The van der Waals surface area contributed by atoms with Gasteiger partial charge in [-0.05, 0) is 45.6 Å². The van der Waals surface area contributed by atoms with Crippen LogP contribution in [0.25, 0.3) is 0 Å². The molecule has 0 spiro atoms. The van der Waals surface area contributed by atoms with E-state index < -0.39 is 0 Å². The molecule has 1 amide bonds. The van der Waals surface area contributed by atoms with Crippen LogP contribution < -0.4 is 15.4 Å². The summed E-state index contributed by atoms with van der Waals surface area (Å²) in [4.78, 5) is 14.5. The van der Waals surface area contributed by atoms with Crippen LogP contribution in [-0.4, -0.2) is 57.2 Å². The first-order valence-electron chi connectivity index (χ1n) is 7.55. The molecule has 1 aromatic rings. The van der Waals surface area contributed by atoms with Crippen molar-refractivity contribution >= 4 is 30.7 Å². The van der Waals surface area contributed by atoms with Gasteiger partial charge in [0.2, 0.25) is 0 Å². The Morgan fingerprint density at radius 2 is 2.09 bits per heavy atom. The van der Waals surface area contributed by atoms with Crippen LogP contribution >= 0.6 is 24.8 Å². The first-order chi connectivity index (χ1) is 10.2. The van der Waals surface area contributed by atoms with Gasteiger partial charge in [-0.2, -0.15) is 0 Å². The van der Waals surface area contributed by atoms with Gasteiger partial charge in [-0.15, -0.1) is 24.8 Å². The van der Waals surface area contributed by atoms with E-state index in [0.717, 1.165) is 32.5 Å². The first-order valence-corrected chi connectivity index (χ1v) is 7.55. The number of halogens is 2. The molecule has 5 nitrogen and oxygen atoms in total. The average Bonchev–Trinajstić information content (AvgIpc) is 2.48. The van der Waals surface area contributed by atoms with Gasteiger partial charge in [0.05, 0.1) is 5.56 Å². The summed E-state index contributed by atoms with van der Waals surface area (Å²) in [6, 6.07) is 7.64. The third-order valence-electron chi connectivity index (χ3n) is 3.56. The molecule has 0 aromatic heterocycles. The third kappa shape index (κ3) is 7.40. The van der Waals surface area contributed by atoms with Crippen molar-refractivity contribution in [1.29, 1.82) is 0 Å². The van der Waals surface area contributed by atoms with Crippen molar-refractivity contribution in [3.8, 4) is 5.75 Å². The molecule has 1 atom stereocenters. The summed E-state index contributed by atoms with van der Waals surface area (Å²) in [7, 11) is 4.00. The molecule has 1 fully saturated rings. The molecule has 2 N–H and O–H groups in total. The predicted octanol–water partition coefficient (Wildman–Crippen LogP) is 1.95. The zero-order valence-electron chi connectivity index (χ0n) is 13.7. The smallest absolute Gasteiger partial charge is 0.255 e. The fraction of sp³-hybridized carbons (Fsp3) is 0.562. The summed E-state index contributed by atoms with van der Waals surface area (Å²) in [5, 5.41) is 6.38. The van der Waals surface area contributed by atoms with E-state index in [4.69, 9.17) is 4.74 Å². The molecule has 1 aliphatic rings. The van der Waals surface area contributed by atoms with Crippen LogP contribution in [0, 0.1) is 0 Å². The number of likely N-dealkylation sites (N-methyl/N-ethyl adjacent to an activating group) is 1. The van der Waals surface area contributed by atoms with E-state index in [2.05, 4.69) is 15.5 Å². The number of amides is 1. The number of piperidine rings is 1. The SMILES string of the molecule is CN(C)CCOc1ccccc1C(=O)NC1CCCNC1.Cl.Cl. The van der Waals surface area contributed by atoms with Gasteiger partial charge in [-0.25, -0.2) is 0 Å². The van der Waals surface area contributed by atoms with E-state index in [-0.39, 0.29) is 36.8 Å². The van der Waals surface area contributed by atoms with Gasteiger partial charge in [0.1, 0.15) is 12.4 Å². The topological polar surface area (TPSA) is 53.6 Å². The standard InChI is InChI=1S/C16H25N3O2.2ClH/c1-19(2)10-11-21-15-8-4-3-7-14(15)16(20)18-13-6-5-9-17-12-13;;/h3-4,7-8,13,17H,5-6,9-12H2,1-2H3,(H,18,20);2*1H. The fourth-order valence-corrected chi connectivity index (χ4v) is 2.36. The van der Waals surface area contributed by atoms with Crippen LogP contribution in [0.5, 0.6) is 5.75 Å². The molecular formula is C16H27Cl2N3O2. The Balaban J connectivity index is 0.00000242. The Hall–Kier alpha value is -1.01. The van der Waals surface area contributed by atoms with Crippen LogP contribution in [0.1, 0.15) is 23.2 Å². The van der Waals surface area contributed by atoms with Crippen LogP contribution in [-0.2, 0) is 0 Å². The second-order valence-corrected chi connectivity index (χ2v) is 5.66. The van der Waals surface area contributed by atoms with Gasteiger partial charge in [0.25, 0.3) is 5.91 Å². The molecule has 7 heteroatoms. The maximum atomic E-state index is 12.4. The third-order valence-corrected chi connectivity index (χ3v) is 3.56. The zero-order valence-corrected chi connectivity index (χ0v) is 15.3. The average molecular weight is 364 g/mol. The van der Waals surface area contributed by atoms with Gasteiger partial charge >= 0.3 is 0 Å². The van der Waals surface area contributed by atoms with Crippen molar-refractivity contribution in [2.75, 3.05) is 40.3 Å². The molecule has 1 aliphatic heterocycles. The minimum Gasteiger partial charge on any atom is -0.491 e. The minimum absolute atomic E-state index is 0. The first kappa shape index (κ1) is 22.0. The van der Waals surface area contributed by atoms with Crippen LogP contribution in [0.3, 0.4) is 0 Å². The highest BCUT2D eigenvalue weighted by molar-refractivity contribution is 5.97. The van der Waals surface area contributed by atoms with Gasteiger partial charge in [-0.1, -0.05) is 12.1 Å². The van der Waals surface area contributed by atoms with Crippen molar-refractivity contribution in [3.05, 3.63) is 29.8 Å². The minimum atomic E-state index is -0.0517. The summed E-state index contributed by atoms with van der Waals surface area (Å²) in [6.07, 6.45) is 2.13. The molecule has 0 radical (unpaired) electrons. The van der Waals surface area contributed by atoms with Crippen molar-refractivity contribution in [2.24, 2.45) is 0 Å². The molecule has 1 saturated heterocycles. The summed E-state index contributed by atoms with van der Waals surface area (Å²) in [6.45, 7) is 3.27. The van der Waals surface area contributed by atoms with Crippen molar-refractivity contribution in [2.45, 2.75) is 18.9 Å². The maximum absolute atomic E-state index is 12.4. The molecule has 0 aliphatic carbocycles. The number of nitrogens with one attached hydrogen (secondary N) is 2. The van der Waals surface area contributed by atoms with Gasteiger partial charge in [0.15, 0.2) is 0 Å². The largest absolute Gasteiger partial charge is 0.491 e. The maximum Gasteiger partial charge on any atom is 0.255 e. The monoisotopic (exact) mass is 363 g/mol. The number of nitrogens with zero attached hydrogens (tertiary/aromatic N) is 1. The molecule has 1 aromatic carbocycles. The highest BCUT2D eigenvalue weighted by Gasteiger charge is 2.18. The number of ether oxygens (including phenoxy) is 1. The molecule has 23 heavy (non-hydrogen) atoms. The van der Waals surface area contributed by atoms with E-state index in [1.54, 1.807) is 0 Å². The molecule has 0 saturated carbocycles. The molecule has 0 bridgehead atoms. The highest BCUT2D eigenvalue weighted by Crippen LogP contribution is 2.18. The Morgan fingerprint density at radius 1 is 1.35 bits per heavy atom. The molecule has 1 unspecified atom stereocenters. The lowest BCUT2D eigenvalue weighted by Gasteiger charge is -2.24. The van der Waals surface area contributed by atoms with Gasteiger partial charge in [-0.3, -0.25) is 4.79 Å². The quantitative estimate of drug-likeness (QED) is 0.810. The molecular weight excluding hydrogens is 337 g/mol. The van der Waals surface area contributed by atoms with Crippen LogP contribution in [0.4, 0.5) is 0 Å². The number of hydrogen-bond acceptors (Lipinski definition) is 4. The second-order valence-electron chi connectivity index (χ2n) is 5.66. The Kier molecular flexibility index (Phi) is 11.0. The van der Waals surface area contributed by atoms with E-state index >= 15 is 0 Å². The summed E-state index contributed by atoms with van der Waals surface area (Å²) < 4.78 is 5.74. The van der Waals surface area contributed by atoms with E-state index in [9.17, 15) is 4.79 Å². The number of hydrogen-bond donors (Lipinski definition) is 2. The lowest BCUT2D eigenvalue weighted by atomic mass is 10.1. The molecule has 2 rings (SSSR count). The van der Waals surface area contributed by atoms with Gasteiger partial charge < -0.3 is 20.3 Å². The molecule has 1 heterocycles. The number of carbonyl (C=O) groups is 1. The lowest BCUT2D eigenvalue weighted by molar-refractivity contribution is 0.0926. The number of benzene rings is 1. The van der Waals surface area contributed by atoms with Crippen molar-refractivity contribution in [3.63, 3.8) is 0 Å². The van der Waals surface area contributed by atoms with Crippen LogP contribution in [0.2, 0.25) is 0 Å². The Labute approximate surface area is 151 Å². The number of carbonyl (C=O) groups excluding carboxylic acids is 1. The van der Waals surface area contributed by atoms with E-state index in [1.165, 1.54) is 0 Å². The van der Waals surface area contributed by atoms with Crippen LogP contribution in [0.15, 0.2) is 24.3 Å². The highest BCUT2D eigenvalue weighted by atomic mass is 35.5. The van der Waals surface area contributed by atoms with Crippen molar-refractivity contribution in [1.82, 2.24) is 15.5 Å². The number of para-hydroxylation sites is 1. The summed E-state index contributed by atoms with van der Waals surface area (Å²) in [5.74, 6) is 0.602. The second kappa shape index (κ2) is 11.5. The summed E-state index contributed by atoms with van der Waals surface area (Å²) >= 11 is 0. The zero-order chi connectivity index (χ0) is 15.1. The Morgan fingerprint density at radius 3 is 2.74 bits per heavy atom. The van der Waals surface area contributed by atoms with E-state index in [1.807, 2.05) is 38.4 Å². The normalized spacial score (nSPS) is 16.9. The molecule has 132 valence electrons. The number of rotatable bonds is 6.